The maximum absolute atomic E-state index is 9.44. The molecule has 0 aromatic heterocycles. The third kappa shape index (κ3) is 3.55. The highest BCUT2D eigenvalue weighted by molar-refractivity contribution is 5.63. The van der Waals surface area contributed by atoms with E-state index in [-0.39, 0.29) is 12.6 Å². The van der Waals surface area contributed by atoms with Crippen molar-refractivity contribution in [1.82, 2.24) is 9.80 Å². The van der Waals surface area contributed by atoms with Gasteiger partial charge in [-0.05, 0) is 23.7 Å². The van der Waals surface area contributed by atoms with Gasteiger partial charge in [0.05, 0.1) is 6.61 Å². The maximum Gasteiger partial charge on any atom is 0.0599 e. The summed E-state index contributed by atoms with van der Waals surface area (Å²) in [5.74, 6) is 0. The van der Waals surface area contributed by atoms with Crippen molar-refractivity contribution in [3.8, 4) is 11.1 Å². The Morgan fingerprint density at radius 1 is 0.955 bits per heavy atom. The first-order valence-corrected chi connectivity index (χ1v) is 7.94. The summed E-state index contributed by atoms with van der Waals surface area (Å²) in [7, 11) is 2.09. The van der Waals surface area contributed by atoms with Crippen LogP contribution in [-0.2, 0) is 6.54 Å². The minimum absolute atomic E-state index is 0.236. The fourth-order valence-corrected chi connectivity index (χ4v) is 3.04. The van der Waals surface area contributed by atoms with Crippen molar-refractivity contribution >= 4 is 0 Å². The molecule has 3 nitrogen and oxygen atoms in total. The van der Waals surface area contributed by atoms with Crippen LogP contribution in [0.4, 0.5) is 0 Å². The predicted molar refractivity (Wildman–Crippen MR) is 90.7 cm³/mol. The Morgan fingerprint density at radius 2 is 1.64 bits per heavy atom. The SMILES string of the molecule is CN1CCN(Cc2ccc(-c3ccccc3)cc2)CC1CO. The molecule has 3 rings (SSSR count). The number of aliphatic hydroxyl groups is 1. The van der Waals surface area contributed by atoms with Crippen LogP contribution < -0.4 is 0 Å². The Labute approximate surface area is 132 Å². The molecule has 1 unspecified atom stereocenters. The molecule has 116 valence electrons. The van der Waals surface area contributed by atoms with E-state index in [2.05, 4.69) is 65.4 Å². The monoisotopic (exact) mass is 296 g/mol. The quantitative estimate of drug-likeness (QED) is 0.939. The molecule has 0 amide bonds. The van der Waals surface area contributed by atoms with Crippen LogP contribution in [0.15, 0.2) is 54.6 Å². The molecule has 1 atom stereocenters. The van der Waals surface area contributed by atoms with Crippen LogP contribution in [0.5, 0.6) is 0 Å². The zero-order chi connectivity index (χ0) is 15.4. The van der Waals surface area contributed by atoms with E-state index in [1.54, 1.807) is 0 Å². The molecule has 1 N–H and O–H groups in total. The van der Waals surface area contributed by atoms with Gasteiger partial charge in [0.1, 0.15) is 0 Å². The van der Waals surface area contributed by atoms with Crippen LogP contribution >= 0.6 is 0 Å². The minimum Gasteiger partial charge on any atom is -0.395 e. The lowest BCUT2D eigenvalue weighted by atomic mass is 10.0. The van der Waals surface area contributed by atoms with E-state index in [1.165, 1.54) is 16.7 Å². The average Bonchev–Trinajstić information content (AvgIpc) is 2.58. The van der Waals surface area contributed by atoms with Crippen molar-refractivity contribution in [2.75, 3.05) is 33.3 Å². The summed E-state index contributed by atoms with van der Waals surface area (Å²) in [5.41, 5.74) is 3.85. The van der Waals surface area contributed by atoms with Gasteiger partial charge in [0.2, 0.25) is 0 Å². The molecular weight excluding hydrogens is 272 g/mol. The average molecular weight is 296 g/mol. The van der Waals surface area contributed by atoms with Crippen LogP contribution in [-0.4, -0.2) is 54.2 Å². The van der Waals surface area contributed by atoms with Gasteiger partial charge in [0.25, 0.3) is 0 Å². The standard InChI is InChI=1S/C19H24N2O/c1-20-11-12-21(14-19(20)15-22)13-16-7-9-18(10-8-16)17-5-3-2-4-6-17/h2-10,19,22H,11-15H2,1H3. The van der Waals surface area contributed by atoms with Crippen molar-refractivity contribution in [2.24, 2.45) is 0 Å². The predicted octanol–water partition coefficient (Wildman–Crippen LogP) is 2.46. The Morgan fingerprint density at radius 3 is 2.32 bits per heavy atom. The van der Waals surface area contributed by atoms with E-state index >= 15 is 0 Å². The highest BCUT2D eigenvalue weighted by Crippen LogP contribution is 2.20. The smallest absolute Gasteiger partial charge is 0.0599 e. The highest BCUT2D eigenvalue weighted by atomic mass is 16.3. The van der Waals surface area contributed by atoms with Crippen LogP contribution in [0.25, 0.3) is 11.1 Å². The molecule has 22 heavy (non-hydrogen) atoms. The molecule has 0 radical (unpaired) electrons. The zero-order valence-corrected chi connectivity index (χ0v) is 13.2. The fraction of sp³-hybridized carbons (Fsp3) is 0.368. The molecule has 2 aromatic rings. The van der Waals surface area contributed by atoms with Gasteiger partial charge in [0.15, 0.2) is 0 Å². The van der Waals surface area contributed by atoms with Crippen molar-refractivity contribution in [1.29, 1.82) is 0 Å². The fourth-order valence-electron chi connectivity index (χ4n) is 3.04. The minimum atomic E-state index is 0.236. The second-order valence-corrected chi connectivity index (χ2v) is 6.12. The molecule has 0 bridgehead atoms. The first-order valence-electron chi connectivity index (χ1n) is 7.94. The number of nitrogens with zero attached hydrogens (tertiary/aromatic N) is 2. The number of rotatable bonds is 4. The van der Waals surface area contributed by atoms with Gasteiger partial charge in [-0.25, -0.2) is 0 Å². The number of hydrogen-bond acceptors (Lipinski definition) is 3. The molecule has 1 aliphatic rings. The van der Waals surface area contributed by atoms with Crippen molar-refractivity contribution in [3.63, 3.8) is 0 Å². The first kappa shape index (κ1) is 15.2. The molecule has 1 heterocycles. The third-order valence-electron chi connectivity index (χ3n) is 4.54. The Hall–Kier alpha value is -1.68. The van der Waals surface area contributed by atoms with Crippen LogP contribution in [0, 0.1) is 0 Å². The largest absolute Gasteiger partial charge is 0.395 e. The van der Waals surface area contributed by atoms with Crippen molar-refractivity contribution in [3.05, 3.63) is 60.2 Å². The Bertz CT molecular complexity index is 582. The van der Waals surface area contributed by atoms with Crippen LogP contribution in [0.1, 0.15) is 5.56 Å². The number of benzene rings is 2. The van der Waals surface area contributed by atoms with Gasteiger partial charge in [-0.3, -0.25) is 9.80 Å². The summed E-state index contributed by atoms with van der Waals surface area (Å²) in [6, 6.07) is 19.6. The van der Waals surface area contributed by atoms with Gasteiger partial charge in [-0.2, -0.15) is 0 Å². The molecule has 3 heteroatoms. The maximum atomic E-state index is 9.44. The van der Waals surface area contributed by atoms with E-state index in [1.807, 2.05) is 6.07 Å². The van der Waals surface area contributed by atoms with Gasteiger partial charge in [-0.1, -0.05) is 54.6 Å². The molecule has 2 aromatic carbocycles. The number of piperazine rings is 1. The lowest BCUT2D eigenvalue weighted by Gasteiger charge is -2.38. The molecule has 1 fully saturated rings. The van der Waals surface area contributed by atoms with E-state index < -0.39 is 0 Å². The van der Waals surface area contributed by atoms with E-state index in [0.29, 0.717) is 0 Å². The molecule has 1 aliphatic heterocycles. The number of hydrogen-bond donors (Lipinski definition) is 1. The molecular formula is C19H24N2O. The van der Waals surface area contributed by atoms with Gasteiger partial charge in [0, 0.05) is 32.2 Å². The summed E-state index contributed by atoms with van der Waals surface area (Å²) in [6.45, 7) is 4.22. The van der Waals surface area contributed by atoms with Crippen LogP contribution in [0.3, 0.4) is 0 Å². The topological polar surface area (TPSA) is 26.7 Å². The molecule has 1 saturated heterocycles. The summed E-state index contributed by atoms with van der Waals surface area (Å²) < 4.78 is 0. The summed E-state index contributed by atoms with van der Waals surface area (Å²) >= 11 is 0. The second kappa shape index (κ2) is 7.05. The van der Waals surface area contributed by atoms with Crippen LogP contribution in [0.2, 0.25) is 0 Å². The zero-order valence-electron chi connectivity index (χ0n) is 13.2. The lowest BCUT2D eigenvalue weighted by molar-refractivity contribution is 0.0540. The van der Waals surface area contributed by atoms with E-state index in [0.717, 1.165) is 26.2 Å². The van der Waals surface area contributed by atoms with Crippen molar-refractivity contribution in [2.45, 2.75) is 12.6 Å². The molecule has 0 aliphatic carbocycles. The van der Waals surface area contributed by atoms with Gasteiger partial charge < -0.3 is 5.11 Å². The van der Waals surface area contributed by atoms with Gasteiger partial charge in [-0.15, -0.1) is 0 Å². The normalized spacial score (nSPS) is 20.2. The molecule has 0 saturated carbocycles. The Balaban J connectivity index is 1.64. The lowest BCUT2D eigenvalue weighted by Crippen LogP contribution is -2.52. The number of likely N-dealkylation sites (N-methyl/N-ethyl adjacent to an activating group) is 1. The first-order chi connectivity index (χ1) is 10.8. The number of aliphatic hydroxyl groups excluding tert-OH is 1. The van der Waals surface area contributed by atoms with Gasteiger partial charge >= 0.3 is 0 Å². The van der Waals surface area contributed by atoms with Crippen molar-refractivity contribution < 1.29 is 5.11 Å². The summed E-state index contributed by atoms with van der Waals surface area (Å²) in [4.78, 5) is 4.67. The third-order valence-corrected chi connectivity index (χ3v) is 4.54. The summed E-state index contributed by atoms with van der Waals surface area (Å²) in [6.07, 6.45) is 0. The summed E-state index contributed by atoms with van der Waals surface area (Å²) in [5, 5.41) is 9.44. The highest BCUT2D eigenvalue weighted by Gasteiger charge is 2.23. The Kier molecular flexibility index (Phi) is 4.88. The molecule has 0 spiro atoms. The second-order valence-electron chi connectivity index (χ2n) is 6.12. The van der Waals surface area contributed by atoms with E-state index in [4.69, 9.17) is 0 Å². The van der Waals surface area contributed by atoms with E-state index in [9.17, 15) is 5.11 Å².